The molecule has 1 atom stereocenters. The first-order valence-electron chi connectivity index (χ1n) is 5.34. The van der Waals surface area contributed by atoms with Crippen molar-refractivity contribution in [3.05, 3.63) is 35.6 Å². The monoisotopic (exact) mass is 240 g/mol. The van der Waals surface area contributed by atoms with E-state index in [4.69, 9.17) is 5.11 Å². The van der Waals surface area contributed by atoms with Crippen LogP contribution in [-0.4, -0.2) is 42.7 Å². The van der Waals surface area contributed by atoms with Crippen molar-refractivity contribution in [2.75, 3.05) is 20.7 Å². The summed E-state index contributed by atoms with van der Waals surface area (Å²) in [6, 6.07) is 5.65. The quantitative estimate of drug-likeness (QED) is 0.781. The van der Waals surface area contributed by atoms with Gasteiger partial charge in [-0.3, -0.25) is 9.69 Å². The summed E-state index contributed by atoms with van der Waals surface area (Å²) in [4.78, 5) is 13.3. The van der Waals surface area contributed by atoms with Gasteiger partial charge in [-0.05, 0) is 20.2 Å². The van der Waals surface area contributed by atoms with Crippen LogP contribution in [0.2, 0.25) is 0 Å². The van der Waals surface area contributed by atoms with Crippen molar-refractivity contribution in [2.45, 2.75) is 12.6 Å². The minimum absolute atomic E-state index is 0.121. The summed E-state index contributed by atoms with van der Waals surface area (Å²) in [7, 11) is 3.40. The second-order valence-electron chi connectivity index (χ2n) is 3.97. The van der Waals surface area contributed by atoms with Crippen LogP contribution in [0.4, 0.5) is 4.39 Å². The summed E-state index contributed by atoms with van der Waals surface area (Å²) in [6.45, 7) is -0.147. The molecule has 4 nitrogen and oxygen atoms in total. The zero-order valence-electron chi connectivity index (χ0n) is 9.98. The normalized spacial score (nSPS) is 12.5. The number of carbonyl (C=O) groups is 1. The topological polar surface area (TPSA) is 52.6 Å². The maximum absolute atomic E-state index is 13.3. The van der Waals surface area contributed by atoms with E-state index in [0.29, 0.717) is 5.56 Å². The fourth-order valence-electron chi connectivity index (χ4n) is 1.42. The molecule has 0 bridgehead atoms. The van der Waals surface area contributed by atoms with E-state index in [0.717, 1.165) is 0 Å². The second kappa shape index (κ2) is 6.32. The van der Waals surface area contributed by atoms with Gasteiger partial charge < -0.3 is 10.4 Å². The molecule has 0 unspecified atom stereocenters. The van der Waals surface area contributed by atoms with Crippen LogP contribution in [0.5, 0.6) is 0 Å². The third-order valence-electron chi connectivity index (χ3n) is 2.51. The lowest BCUT2D eigenvalue weighted by Crippen LogP contribution is -2.45. The molecule has 0 aliphatic carbocycles. The van der Waals surface area contributed by atoms with Gasteiger partial charge in [0.05, 0.1) is 6.61 Å². The first-order valence-corrected chi connectivity index (χ1v) is 5.34. The van der Waals surface area contributed by atoms with Gasteiger partial charge in [0.2, 0.25) is 5.91 Å². The number of hydrogen-bond acceptors (Lipinski definition) is 3. The van der Waals surface area contributed by atoms with E-state index in [-0.39, 0.29) is 24.9 Å². The number of nitrogens with one attached hydrogen (secondary N) is 1. The van der Waals surface area contributed by atoms with Crippen LogP contribution < -0.4 is 5.32 Å². The van der Waals surface area contributed by atoms with Crippen LogP contribution in [-0.2, 0) is 11.3 Å². The predicted molar refractivity (Wildman–Crippen MR) is 62.8 cm³/mol. The molecule has 0 spiro atoms. The lowest BCUT2D eigenvalue weighted by atomic mass is 10.2. The number of nitrogens with zero attached hydrogens (tertiary/aromatic N) is 1. The summed E-state index contributed by atoms with van der Waals surface area (Å²) in [5, 5.41) is 11.6. The Balaban J connectivity index is 2.56. The van der Waals surface area contributed by atoms with Gasteiger partial charge in [-0.1, -0.05) is 18.2 Å². The number of aliphatic hydroxyl groups excluding tert-OH is 1. The zero-order valence-corrected chi connectivity index (χ0v) is 9.98. The number of amides is 1. The number of likely N-dealkylation sites (N-methyl/N-ethyl adjacent to an activating group) is 1. The van der Waals surface area contributed by atoms with Crippen LogP contribution in [0.15, 0.2) is 24.3 Å². The number of halogens is 1. The second-order valence-corrected chi connectivity index (χ2v) is 3.97. The molecule has 2 N–H and O–H groups in total. The number of rotatable bonds is 5. The molecule has 0 aromatic heterocycles. The standard InChI is InChI=1S/C12H17FN2O2/c1-15(2)11(8-16)12(17)14-7-9-5-3-4-6-10(9)13/h3-6,11,16H,7-8H2,1-2H3,(H,14,17)/t11-/m1/s1. The molecule has 5 heteroatoms. The van der Waals surface area contributed by atoms with E-state index in [1.54, 1.807) is 37.2 Å². The summed E-state index contributed by atoms with van der Waals surface area (Å²) >= 11 is 0. The van der Waals surface area contributed by atoms with Crippen molar-refractivity contribution < 1.29 is 14.3 Å². The smallest absolute Gasteiger partial charge is 0.239 e. The van der Waals surface area contributed by atoms with E-state index in [9.17, 15) is 9.18 Å². The Morgan fingerprint density at radius 1 is 1.47 bits per heavy atom. The Morgan fingerprint density at radius 3 is 2.65 bits per heavy atom. The lowest BCUT2D eigenvalue weighted by molar-refractivity contribution is -0.127. The largest absolute Gasteiger partial charge is 0.394 e. The van der Waals surface area contributed by atoms with Crippen LogP contribution in [0.25, 0.3) is 0 Å². The number of benzene rings is 1. The van der Waals surface area contributed by atoms with Crippen molar-refractivity contribution in [2.24, 2.45) is 0 Å². The Bertz CT molecular complexity index is 383. The van der Waals surface area contributed by atoms with Crippen LogP contribution >= 0.6 is 0 Å². The minimum Gasteiger partial charge on any atom is -0.394 e. The summed E-state index contributed by atoms with van der Waals surface area (Å²) < 4.78 is 13.3. The Labute approximate surface area is 100 Å². The molecule has 1 amide bonds. The van der Waals surface area contributed by atoms with Gasteiger partial charge in [0.1, 0.15) is 11.9 Å². The van der Waals surface area contributed by atoms with Crippen molar-refractivity contribution in [3.63, 3.8) is 0 Å². The van der Waals surface area contributed by atoms with Crippen molar-refractivity contribution in [3.8, 4) is 0 Å². The lowest BCUT2D eigenvalue weighted by Gasteiger charge is -2.21. The van der Waals surface area contributed by atoms with Gasteiger partial charge >= 0.3 is 0 Å². The maximum Gasteiger partial charge on any atom is 0.239 e. The Hall–Kier alpha value is -1.46. The first-order chi connectivity index (χ1) is 8.06. The van der Waals surface area contributed by atoms with Crippen molar-refractivity contribution in [1.29, 1.82) is 0 Å². The number of carbonyl (C=O) groups excluding carboxylic acids is 1. The minimum atomic E-state index is -0.609. The fourth-order valence-corrected chi connectivity index (χ4v) is 1.42. The number of aliphatic hydroxyl groups is 1. The maximum atomic E-state index is 13.3. The molecule has 0 saturated carbocycles. The highest BCUT2D eigenvalue weighted by molar-refractivity contribution is 5.81. The molecule has 0 aliphatic rings. The van der Waals surface area contributed by atoms with Gasteiger partial charge in [0.15, 0.2) is 0 Å². The molecule has 0 fully saturated rings. The molecule has 1 aromatic rings. The Kier molecular flexibility index (Phi) is 5.06. The van der Waals surface area contributed by atoms with E-state index < -0.39 is 6.04 Å². The average Bonchev–Trinajstić information content (AvgIpc) is 2.28. The highest BCUT2D eigenvalue weighted by atomic mass is 19.1. The van der Waals surface area contributed by atoms with E-state index >= 15 is 0 Å². The fraction of sp³-hybridized carbons (Fsp3) is 0.417. The van der Waals surface area contributed by atoms with Gasteiger partial charge in [0, 0.05) is 12.1 Å². The summed E-state index contributed by atoms with van der Waals surface area (Å²) in [5.74, 6) is -0.668. The molecule has 0 radical (unpaired) electrons. The van der Waals surface area contributed by atoms with Crippen LogP contribution in [0.1, 0.15) is 5.56 Å². The zero-order chi connectivity index (χ0) is 12.8. The van der Waals surface area contributed by atoms with E-state index in [2.05, 4.69) is 5.32 Å². The summed E-state index contributed by atoms with van der Waals surface area (Å²) in [5.41, 5.74) is 0.427. The average molecular weight is 240 g/mol. The van der Waals surface area contributed by atoms with Gasteiger partial charge in [-0.25, -0.2) is 4.39 Å². The SMILES string of the molecule is CN(C)[C@H](CO)C(=O)NCc1ccccc1F. The molecule has 1 aromatic carbocycles. The third-order valence-corrected chi connectivity index (χ3v) is 2.51. The predicted octanol–water partition coefficient (Wildman–Crippen LogP) is 0.364. The van der Waals surface area contributed by atoms with E-state index in [1.807, 2.05) is 0 Å². The van der Waals surface area contributed by atoms with E-state index in [1.165, 1.54) is 6.07 Å². The van der Waals surface area contributed by atoms with Gasteiger partial charge in [0.25, 0.3) is 0 Å². The molecule has 94 valence electrons. The highest BCUT2D eigenvalue weighted by Crippen LogP contribution is 2.05. The van der Waals surface area contributed by atoms with Crippen molar-refractivity contribution >= 4 is 5.91 Å². The molecule has 1 rings (SSSR count). The van der Waals surface area contributed by atoms with Gasteiger partial charge in [-0.2, -0.15) is 0 Å². The molecular formula is C12H17FN2O2. The molecule has 17 heavy (non-hydrogen) atoms. The third kappa shape index (κ3) is 3.80. The Morgan fingerprint density at radius 2 is 2.12 bits per heavy atom. The molecular weight excluding hydrogens is 223 g/mol. The molecule has 0 heterocycles. The van der Waals surface area contributed by atoms with Crippen LogP contribution in [0.3, 0.4) is 0 Å². The van der Waals surface area contributed by atoms with Gasteiger partial charge in [-0.15, -0.1) is 0 Å². The van der Waals surface area contributed by atoms with Crippen molar-refractivity contribution in [1.82, 2.24) is 10.2 Å². The molecule has 0 aliphatic heterocycles. The highest BCUT2D eigenvalue weighted by Gasteiger charge is 2.19. The molecule has 0 saturated heterocycles. The number of hydrogen-bond donors (Lipinski definition) is 2. The van der Waals surface area contributed by atoms with Crippen LogP contribution in [0, 0.1) is 5.82 Å². The summed E-state index contributed by atoms with van der Waals surface area (Å²) in [6.07, 6.45) is 0. The first kappa shape index (κ1) is 13.6.